The zero-order valence-corrected chi connectivity index (χ0v) is 10.4. The van der Waals surface area contributed by atoms with Crippen LogP contribution < -0.4 is 0 Å². The van der Waals surface area contributed by atoms with Gasteiger partial charge in [0.1, 0.15) is 0 Å². The van der Waals surface area contributed by atoms with Crippen LogP contribution in [-0.4, -0.2) is 28.9 Å². The van der Waals surface area contributed by atoms with Gasteiger partial charge in [0.15, 0.2) is 10.9 Å². The third-order valence-corrected chi connectivity index (χ3v) is 2.94. The lowest BCUT2D eigenvalue weighted by Gasteiger charge is -2.04. The molecule has 1 aromatic heterocycles. The number of esters is 1. The molecule has 0 fully saturated rings. The monoisotopic (exact) mass is 248 g/mol. The van der Waals surface area contributed by atoms with E-state index in [1.54, 1.807) is 6.20 Å². The molecule has 1 aromatic carbocycles. The van der Waals surface area contributed by atoms with Gasteiger partial charge in [-0.2, -0.15) is 0 Å². The number of thioether (sulfide) groups is 1. The molecule has 0 N–H and O–H groups in total. The van der Waals surface area contributed by atoms with E-state index in [0.29, 0.717) is 5.69 Å². The summed E-state index contributed by atoms with van der Waals surface area (Å²) in [6, 6.07) is 9.75. The van der Waals surface area contributed by atoms with E-state index in [2.05, 4.69) is 9.72 Å². The maximum Gasteiger partial charge on any atom is 0.358 e. The van der Waals surface area contributed by atoms with Gasteiger partial charge >= 0.3 is 5.97 Å². The number of carbonyl (C=O) groups is 1. The summed E-state index contributed by atoms with van der Waals surface area (Å²) in [6.07, 6.45) is 3.61. The maximum absolute atomic E-state index is 11.4. The SMILES string of the molecule is COC(=O)c1cn(-c2ccccc2)c(SC)n1. The first-order chi connectivity index (χ1) is 8.26. The maximum atomic E-state index is 11.4. The number of aromatic nitrogens is 2. The molecule has 1 heterocycles. The average molecular weight is 248 g/mol. The fourth-order valence-electron chi connectivity index (χ4n) is 1.48. The second-order valence-electron chi connectivity index (χ2n) is 3.31. The molecule has 0 bridgehead atoms. The topological polar surface area (TPSA) is 44.1 Å². The Hall–Kier alpha value is -1.75. The Bertz CT molecular complexity index is 523. The van der Waals surface area contributed by atoms with Gasteiger partial charge in [-0.1, -0.05) is 30.0 Å². The molecule has 0 aliphatic heterocycles. The molecule has 0 saturated heterocycles. The molecule has 17 heavy (non-hydrogen) atoms. The fourth-order valence-corrected chi connectivity index (χ4v) is 2.03. The Balaban J connectivity index is 2.47. The molecule has 0 amide bonds. The van der Waals surface area contributed by atoms with Crippen LogP contribution in [0, 0.1) is 0 Å². The van der Waals surface area contributed by atoms with Crippen LogP contribution in [-0.2, 0) is 4.74 Å². The van der Waals surface area contributed by atoms with Crippen molar-refractivity contribution in [1.82, 2.24) is 9.55 Å². The van der Waals surface area contributed by atoms with Crippen molar-refractivity contribution in [2.45, 2.75) is 5.16 Å². The Kier molecular flexibility index (Phi) is 3.49. The minimum Gasteiger partial charge on any atom is -0.464 e. The third kappa shape index (κ3) is 2.34. The summed E-state index contributed by atoms with van der Waals surface area (Å²) in [5.41, 5.74) is 1.29. The van der Waals surface area contributed by atoms with Gasteiger partial charge in [0.05, 0.1) is 7.11 Å². The molecule has 2 rings (SSSR count). The number of ether oxygens (including phenoxy) is 1. The van der Waals surface area contributed by atoms with Gasteiger partial charge in [-0.15, -0.1) is 0 Å². The molecule has 0 atom stereocenters. The molecule has 88 valence electrons. The van der Waals surface area contributed by atoms with Gasteiger partial charge in [0, 0.05) is 11.9 Å². The van der Waals surface area contributed by atoms with E-state index in [9.17, 15) is 4.79 Å². The fraction of sp³-hybridized carbons (Fsp3) is 0.167. The van der Waals surface area contributed by atoms with Crippen LogP contribution in [0.4, 0.5) is 0 Å². The summed E-state index contributed by atoms with van der Waals surface area (Å²) >= 11 is 1.48. The van der Waals surface area contributed by atoms with Crippen molar-refractivity contribution in [2.75, 3.05) is 13.4 Å². The van der Waals surface area contributed by atoms with Crippen LogP contribution in [0.1, 0.15) is 10.5 Å². The van der Waals surface area contributed by atoms with Crippen molar-refractivity contribution in [3.05, 3.63) is 42.2 Å². The first-order valence-electron chi connectivity index (χ1n) is 5.03. The first-order valence-corrected chi connectivity index (χ1v) is 6.26. The van der Waals surface area contributed by atoms with Gasteiger partial charge in [-0.3, -0.25) is 4.57 Å². The number of methoxy groups -OCH3 is 1. The van der Waals surface area contributed by atoms with Crippen LogP contribution in [0.2, 0.25) is 0 Å². The highest BCUT2D eigenvalue weighted by Crippen LogP contribution is 2.20. The van der Waals surface area contributed by atoms with E-state index in [0.717, 1.165) is 10.8 Å². The number of para-hydroxylation sites is 1. The summed E-state index contributed by atoms with van der Waals surface area (Å²) in [5.74, 6) is -0.421. The van der Waals surface area contributed by atoms with Gasteiger partial charge in [-0.25, -0.2) is 9.78 Å². The minimum absolute atomic E-state index is 0.320. The Morgan fingerprint density at radius 3 is 2.65 bits per heavy atom. The number of hydrogen-bond donors (Lipinski definition) is 0. The quantitative estimate of drug-likeness (QED) is 0.618. The largest absolute Gasteiger partial charge is 0.464 e. The second kappa shape index (κ2) is 5.05. The van der Waals surface area contributed by atoms with Crippen molar-refractivity contribution in [1.29, 1.82) is 0 Å². The smallest absolute Gasteiger partial charge is 0.358 e. The van der Waals surface area contributed by atoms with Crippen LogP contribution in [0.5, 0.6) is 0 Å². The molecular formula is C12H12N2O2S. The molecule has 0 aliphatic carbocycles. The number of carbonyl (C=O) groups excluding carboxylic acids is 1. The summed E-state index contributed by atoms with van der Waals surface area (Å²) in [6.45, 7) is 0. The molecule has 0 unspecified atom stereocenters. The van der Waals surface area contributed by atoms with Gasteiger partial charge in [0.25, 0.3) is 0 Å². The lowest BCUT2D eigenvalue weighted by Crippen LogP contribution is -2.01. The molecule has 4 nitrogen and oxygen atoms in total. The zero-order valence-electron chi connectivity index (χ0n) is 9.58. The van der Waals surface area contributed by atoms with Crippen molar-refractivity contribution in [3.8, 4) is 5.69 Å². The van der Waals surface area contributed by atoms with Crippen molar-refractivity contribution >= 4 is 17.7 Å². The lowest BCUT2D eigenvalue weighted by atomic mass is 10.3. The summed E-state index contributed by atoms with van der Waals surface area (Å²) < 4.78 is 6.53. The number of benzene rings is 1. The molecule has 2 aromatic rings. The number of imidazole rings is 1. The normalized spacial score (nSPS) is 10.2. The van der Waals surface area contributed by atoms with Crippen LogP contribution in [0.25, 0.3) is 5.69 Å². The molecule has 0 saturated carbocycles. The predicted molar refractivity (Wildman–Crippen MR) is 66.7 cm³/mol. The van der Waals surface area contributed by atoms with Crippen LogP contribution >= 0.6 is 11.8 Å². The Morgan fingerprint density at radius 2 is 2.06 bits per heavy atom. The number of nitrogens with zero attached hydrogens (tertiary/aromatic N) is 2. The van der Waals surface area contributed by atoms with Gasteiger partial charge in [-0.05, 0) is 18.4 Å². The zero-order chi connectivity index (χ0) is 12.3. The average Bonchev–Trinajstić information content (AvgIpc) is 2.83. The molecule has 0 radical (unpaired) electrons. The third-order valence-electron chi connectivity index (χ3n) is 2.29. The number of hydrogen-bond acceptors (Lipinski definition) is 4. The summed E-state index contributed by atoms with van der Waals surface area (Å²) in [7, 11) is 1.35. The van der Waals surface area contributed by atoms with E-state index in [4.69, 9.17) is 0 Å². The van der Waals surface area contributed by atoms with E-state index in [1.807, 2.05) is 41.2 Å². The minimum atomic E-state index is -0.421. The summed E-state index contributed by atoms with van der Waals surface area (Å²) in [5, 5.41) is 0.761. The highest BCUT2D eigenvalue weighted by Gasteiger charge is 2.14. The highest BCUT2D eigenvalue weighted by molar-refractivity contribution is 7.98. The summed E-state index contributed by atoms with van der Waals surface area (Å²) in [4.78, 5) is 15.6. The van der Waals surface area contributed by atoms with E-state index >= 15 is 0 Å². The second-order valence-corrected chi connectivity index (χ2v) is 4.08. The first kappa shape index (κ1) is 11.7. The highest BCUT2D eigenvalue weighted by atomic mass is 32.2. The molecule has 5 heteroatoms. The van der Waals surface area contributed by atoms with Crippen molar-refractivity contribution in [3.63, 3.8) is 0 Å². The standard InChI is InChI=1S/C12H12N2O2S/c1-16-11(15)10-8-14(12(13-10)17-2)9-6-4-3-5-7-9/h3-8H,1-2H3. The van der Waals surface area contributed by atoms with Gasteiger partial charge in [0.2, 0.25) is 0 Å². The van der Waals surface area contributed by atoms with Crippen molar-refractivity contribution in [2.24, 2.45) is 0 Å². The lowest BCUT2D eigenvalue weighted by molar-refractivity contribution is 0.0594. The molecule has 0 aliphatic rings. The Morgan fingerprint density at radius 1 is 1.35 bits per heavy atom. The van der Waals surface area contributed by atoms with E-state index in [1.165, 1.54) is 18.9 Å². The number of rotatable bonds is 3. The van der Waals surface area contributed by atoms with E-state index < -0.39 is 5.97 Å². The Labute approximate surface area is 104 Å². The van der Waals surface area contributed by atoms with Crippen LogP contribution in [0.15, 0.2) is 41.7 Å². The predicted octanol–water partition coefficient (Wildman–Crippen LogP) is 2.38. The molecule has 0 spiro atoms. The van der Waals surface area contributed by atoms with E-state index in [-0.39, 0.29) is 0 Å². The van der Waals surface area contributed by atoms with Crippen LogP contribution in [0.3, 0.4) is 0 Å². The van der Waals surface area contributed by atoms with Crippen molar-refractivity contribution < 1.29 is 9.53 Å². The van der Waals surface area contributed by atoms with Gasteiger partial charge < -0.3 is 4.74 Å². The molecular weight excluding hydrogens is 236 g/mol.